The topological polar surface area (TPSA) is 171 Å². The van der Waals surface area contributed by atoms with Crippen molar-refractivity contribution in [1.82, 2.24) is 0 Å². The van der Waals surface area contributed by atoms with Crippen LogP contribution in [0.2, 0.25) is 0 Å². The quantitative estimate of drug-likeness (QED) is 0.159. The summed E-state index contributed by atoms with van der Waals surface area (Å²) in [7, 11) is -5.22. The van der Waals surface area contributed by atoms with E-state index in [2.05, 4.69) is 71.8 Å². The molecule has 0 heterocycles. The highest BCUT2D eigenvalue weighted by Crippen LogP contribution is 2.50. The summed E-state index contributed by atoms with van der Waals surface area (Å²) in [5.74, 6) is 0.826. The van der Waals surface area contributed by atoms with E-state index < -0.39 is 48.0 Å². The minimum atomic E-state index is -2.61. The van der Waals surface area contributed by atoms with Gasteiger partial charge >= 0.3 is 17.2 Å². The molecule has 2 rings (SSSR count). The zero-order chi connectivity index (χ0) is 31.0. The molecule has 0 aliphatic carbocycles. The maximum Gasteiger partial charge on any atom is 0.334 e. The Kier molecular flexibility index (Phi) is 14.8. The highest BCUT2D eigenvalue weighted by Gasteiger charge is 2.54. The Morgan fingerprint density at radius 3 is 1.12 bits per heavy atom. The Bertz CT molecular complexity index is 974. The first kappa shape index (κ1) is 37.0. The van der Waals surface area contributed by atoms with Crippen molar-refractivity contribution in [2.24, 2.45) is 5.41 Å². The molecule has 8 N–H and O–H groups in total. The summed E-state index contributed by atoms with van der Waals surface area (Å²) < 4.78 is 3.60. The van der Waals surface area contributed by atoms with Gasteiger partial charge in [0.15, 0.2) is 0 Å². The van der Waals surface area contributed by atoms with Crippen LogP contribution in [0.25, 0.3) is 0 Å². The first-order valence-electron chi connectivity index (χ1n) is 13.4. The fourth-order valence-electron chi connectivity index (χ4n) is 4.77. The number of aliphatic hydroxyl groups excluding tert-OH is 3. The van der Waals surface area contributed by atoms with Crippen molar-refractivity contribution < 1.29 is 44.3 Å². The second-order valence-electron chi connectivity index (χ2n) is 11.4. The van der Waals surface area contributed by atoms with E-state index in [-0.39, 0.29) is 11.8 Å². The molecule has 9 nitrogen and oxygen atoms in total. The van der Waals surface area contributed by atoms with Crippen LogP contribution in [0.15, 0.2) is 36.4 Å². The van der Waals surface area contributed by atoms with Crippen molar-refractivity contribution in [3.63, 3.8) is 0 Å². The van der Waals surface area contributed by atoms with Crippen molar-refractivity contribution in [1.29, 1.82) is 0 Å². The minimum absolute atomic E-state index is 0.0939. The van der Waals surface area contributed by atoms with Crippen LogP contribution in [-0.4, -0.2) is 59.8 Å². The average Bonchev–Trinajstić information content (AvgIpc) is 2.88. The standard InChI is InChI=1S/C29H44O4.H4O5P2/c1-18(2)22-9-11-26(24(13-22)20(5)6)29(33,28(15-30,16-31)17-32)27-12-10-23(19(3)4)14-25(27)21(7)8;1-6(2)5-7(3)4/h9-14,18-21,30-33H,15-17H2,1-8H3;1-4H. The molecule has 2 aromatic rings. The van der Waals surface area contributed by atoms with Crippen LogP contribution in [0.1, 0.15) is 112 Å². The van der Waals surface area contributed by atoms with Gasteiger partial charge in [-0.3, -0.25) is 0 Å². The second kappa shape index (κ2) is 16.0. The lowest BCUT2D eigenvalue weighted by atomic mass is 9.62. The van der Waals surface area contributed by atoms with Crippen LogP contribution < -0.4 is 0 Å². The minimum Gasteiger partial charge on any atom is -0.395 e. The maximum absolute atomic E-state index is 12.7. The lowest BCUT2D eigenvalue weighted by molar-refractivity contribution is -0.136. The highest BCUT2D eigenvalue weighted by atomic mass is 31.2. The first-order valence-corrected chi connectivity index (χ1v) is 15.7. The van der Waals surface area contributed by atoms with E-state index in [9.17, 15) is 20.4 Å². The monoisotopic (exact) mass is 602 g/mol. The van der Waals surface area contributed by atoms with Gasteiger partial charge in [-0.25, -0.2) is 4.31 Å². The van der Waals surface area contributed by atoms with Crippen LogP contribution >= 0.6 is 17.2 Å². The second-order valence-corrected chi connectivity index (χ2v) is 13.0. The fourth-order valence-corrected chi connectivity index (χ4v) is 5.29. The van der Waals surface area contributed by atoms with Gasteiger partial charge in [-0.1, -0.05) is 91.8 Å². The first-order chi connectivity index (χ1) is 18.5. The van der Waals surface area contributed by atoms with Crippen LogP contribution in [0.3, 0.4) is 0 Å². The van der Waals surface area contributed by atoms with Gasteiger partial charge in [-0.2, -0.15) is 0 Å². The molecule has 0 atom stereocenters. The van der Waals surface area contributed by atoms with Crippen LogP contribution in [0.5, 0.6) is 0 Å². The van der Waals surface area contributed by atoms with Gasteiger partial charge in [0.2, 0.25) is 0 Å². The number of rotatable bonds is 12. The number of hydrogen-bond donors (Lipinski definition) is 8. The lowest BCUT2D eigenvalue weighted by Gasteiger charge is -2.47. The molecule has 11 heteroatoms. The van der Waals surface area contributed by atoms with E-state index in [0.717, 1.165) is 22.3 Å². The summed E-state index contributed by atoms with van der Waals surface area (Å²) in [6, 6.07) is 12.1. The molecule has 0 spiro atoms. The molecule has 0 fully saturated rings. The Morgan fingerprint density at radius 1 is 0.600 bits per heavy atom. The third kappa shape index (κ3) is 8.50. The molecule has 40 heavy (non-hydrogen) atoms. The predicted octanol–water partition coefficient (Wildman–Crippen LogP) is 4.81. The van der Waals surface area contributed by atoms with Gasteiger partial charge < -0.3 is 40.0 Å². The highest BCUT2D eigenvalue weighted by molar-refractivity contribution is 7.53. The van der Waals surface area contributed by atoms with E-state index in [1.807, 2.05) is 24.3 Å². The van der Waals surface area contributed by atoms with E-state index in [4.69, 9.17) is 19.6 Å². The van der Waals surface area contributed by atoms with Crippen LogP contribution in [0.4, 0.5) is 0 Å². The average molecular weight is 603 g/mol. The van der Waals surface area contributed by atoms with Gasteiger partial charge in [0.05, 0.1) is 25.2 Å². The van der Waals surface area contributed by atoms with E-state index in [1.54, 1.807) is 0 Å². The Labute approximate surface area is 241 Å². The molecule has 0 aromatic heterocycles. The van der Waals surface area contributed by atoms with E-state index >= 15 is 0 Å². The Balaban J connectivity index is 0.00000101. The SMILES string of the molecule is CC(C)c1ccc(C(O)(c2ccc(C(C)C)cc2C(C)C)C(CO)(CO)CO)c(C(C)C)c1.OP(O)OP(O)O. The van der Waals surface area contributed by atoms with Crippen molar-refractivity contribution >= 4 is 17.2 Å². The molecule has 0 aliphatic heterocycles. The summed E-state index contributed by atoms with van der Waals surface area (Å²) in [5, 5.41) is 44.2. The van der Waals surface area contributed by atoms with Crippen molar-refractivity contribution in [2.45, 2.75) is 84.7 Å². The van der Waals surface area contributed by atoms with E-state index in [1.165, 1.54) is 0 Å². The smallest absolute Gasteiger partial charge is 0.334 e. The van der Waals surface area contributed by atoms with Gasteiger partial charge in [-0.05, 0) is 57.1 Å². The molecular formula is C29H48O9P2. The Morgan fingerprint density at radius 2 is 0.925 bits per heavy atom. The Hall–Kier alpha value is -1.06. The van der Waals surface area contributed by atoms with Crippen molar-refractivity contribution in [3.8, 4) is 0 Å². The molecule has 228 valence electrons. The summed E-state index contributed by atoms with van der Waals surface area (Å²) in [4.78, 5) is 31.3. The van der Waals surface area contributed by atoms with Gasteiger partial charge in [0.1, 0.15) is 5.60 Å². The molecule has 0 aliphatic rings. The molecule has 0 unspecified atom stereocenters. The summed E-state index contributed by atoms with van der Waals surface area (Å²) in [5.41, 5.74) is 2.10. The number of hydrogen-bond acceptors (Lipinski definition) is 9. The molecular weight excluding hydrogens is 554 g/mol. The van der Waals surface area contributed by atoms with Crippen molar-refractivity contribution in [2.75, 3.05) is 19.8 Å². The third-order valence-electron chi connectivity index (χ3n) is 7.33. The maximum atomic E-state index is 12.7. The molecule has 0 saturated heterocycles. The van der Waals surface area contributed by atoms with Crippen molar-refractivity contribution in [3.05, 3.63) is 69.8 Å². The molecule has 0 amide bonds. The van der Waals surface area contributed by atoms with Crippen LogP contribution in [0, 0.1) is 5.41 Å². The van der Waals surface area contributed by atoms with Gasteiger partial charge in [0, 0.05) is 0 Å². The fraction of sp³-hybridized carbons (Fsp3) is 0.586. The summed E-state index contributed by atoms with van der Waals surface area (Å²) in [6.07, 6.45) is 0. The molecule has 2 aromatic carbocycles. The third-order valence-corrected chi connectivity index (χ3v) is 8.50. The summed E-state index contributed by atoms with van der Waals surface area (Å²) in [6.45, 7) is 15.1. The van der Waals surface area contributed by atoms with Crippen LogP contribution in [-0.2, 0) is 9.91 Å². The van der Waals surface area contributed by atoms with Gasteiger partial charge in [0.25, 0.3) is 0 Å². The largest absolute Gasteiger partial charge is 0.395 e. The molecule has 0 bridgehead atoms. The zero-order valence-electron chi connectivity index (χ0n) is 24.8. The number of benzene rings is 2. The van der Waals surface area contributed by atoms with E-state index in [0.29, 0.717) is 23.0 Å². The summed E-state index contributed by atoms with van der Waals surface area (Å²) >= 11 is 0. The predicted molar refractivity (Wildman–Crippen MR) is 160 cm³/mol. The molecule has 0 radical (unpaired) electrons. The molecule has 0 saturated carbocycles. The van der Waals surface area contributed by atoms with Gasteiger partial charge in [-0.15, -0.1) is 0 Å². The lowest BCUT2D eigenvalue weighted by Crippen LogP contribution is -2.55. The zero-order valence-corrected chi connectivity index (χ0v) is 26.6. The normalized spacial score (nSPS) is 12.8. The number of aliphatic hydroxyl groups is 4.